The van der Waals surface area contributed by atoms with Crippen LogP contribution in [0, 0.1) is 23.7 Å². The van der Waals surface area contributed by atoms with Crippen LogP contribution in [0.5, 0.6) is 0 Å². The Labute approximate surface area is 320 Å². The summed E-state index contributed by atoms with van der Waals surface area (Å²) in [6.07, 6.45) is 19.9. The molecule has 4 saturated heterocycles. The van der Waals surface area contributed by atoms with Crippen molar-refractivity contribution in [2.75, 3.05) is 91.6 Å². The molecule has 0 atom stereocenters. The van der Waals surface area contributed by atoms with Gasteiger partial charge in [0.1, 0.15) is 0 Å². The molecule has 2 amide bonds. The summed E-state index contributed by atoms with van der Waals surface area (Å²) >= 11 is 0. The topological polar surface area (TPSA) is 146 Å². The van der Waals surface area contributed by atoms with Crippen LogP contribution in [0.1, 0.15) is 122 Å². The normalized spacial score (nSPS) is 21.1. The molecule has 0 aromatic heterocycles. The van der Waals surface area contributed by atoms with Crippen LogP contribution in [0.15, 0.2) is 0 Å². The lowest BCUT2D eigenvalue weighted by molar-refractivity contribution is -0.138. The van der Waals surface area contributed by atoms with E-state index in [1.54, 1.807) is 0 Å². The molecule has 4 fully saturated rings. The third-order valence-electron chi connectivity index (χ3n) is 12.9. The molecule has 12 heteroatoms. The van der Waals surface area contributed by atoms with Gasteiger partial charge in [-0.15, -0.1) is 0 Å². The molecule has 0 aliphatic carbocycles. The number of carboxylic acids is 2. The first-order valence-corrected chi connectivity index (χ1v) is 21.6. The summed E-state index contributed by atoms with van der Waals surface area (Å²) in [5.74, 6) is 2.01. The average molecular weight is 747 g/mol. The van der Waals surface area contributed by atoms with Gasteiger partial charge in [0, 0.05) is 52.1 Å². The van der Waals surface area contributed by atoms with E-state index in [1.165, 1.54) is 89.9 Å². The van der Waals surface area contributed by atoms with E-state index in [0.717, 1.165) is 95.5 Å². The van der Waals surface area contributed by atoms with E-state index in [-0.39, 0.29) is 24.7 Å². The van der Waals surface area contributed by atoms with Gasteiger partial charge in [-0.25, -0.2) is 0 Å². The Morgan fingerprint density at radius 1 is 0.415 bits per heavy atom. The molecule has 4 N–H and O–H groups in total. The van der Waals surface area contributed by atoms with Crippen LogP contribution in [-0.4, -0.2) is 145 Å². The van der Waals surface area contributed by atoms with Crippen LogP contribution >= 0.6 is 0 Å². The Bertz CT molecular complexity index is 981. The van der Waals surface area contributed by atoms with E-state index in [1.807, 2.05) is 0 Å². The Kier molecular flexibility index (Phi) is 20.5. The number of aliphatic carboxylic acids is 2. The molecule has 0 spiro atoms. The third-order valence-corrected chi connectivity index (χ3v) is 12.9. The molecule has 4 heterocycles. The van der Waals surface area contributed by atoms with Crippen molar-refractivity contribution in [2.24, 2.45) is 23.7 Å². The zero-order chi connectivity index (χ0) is 37.7. The maximum absolute atomic E-state index is 12.4. The number of rotatable bonds is 24. The van der Waals surface area contributed by atoms with Crippen molar-refractivity contribution in [3.05, 3.63) is 0 Å². The van der Waals surface area contributed by atoms with Crippen molar-refractivity contribution in [1.29, 1.82) is 0 Å². The summed E-state index contributed by atoms with van der Waals surface area (Å²) < 4.78 is 0. The molecule has 304 valence electrons. The predicted octanol–water partition coefficient (Wildman–Crippen LogP) is 4.53. The number of piperidine rings is 4. The minimum Gasteiger partial charge on any atom is -0.481 e. The van der Waals surface area contributed by atoms with Crippen molar-refractivity contribution in [2.45, 2.75) is 122 Å². The number of likely N-dealkylation sites (tertiary alicyclic amines) is 4. The quantitative estimate of drug-likeness (QED) is 0.104. The molecule has 4 rings (SSSR count). The Morgan fingerprint density at radius 3 is 0.943 bits per heavy atom. The molecule has 0 bridgehead atoms. The lowest BCUT2D eigenvalue weighted by Crippen LogP contribution is -2.38. The van der Waals surface area contributed by atoms with Gasteiger partial charge in [0.05, 0.1) is 12.8 Å². The Balaban J connectivity index is 0.897. The highest BCUT2D eigenvalue weighted by atomic mass is 16.4. The van der Waals surface area contributed by atoms with Crippen LogP contribution in [-0.2, 0) is 19.2 Å². The molecule has 0 unspecified atom stereocenters. The van der Waals surface area contributed by atoms with E-state index in [0.29, 0.717) is 39.0 Å². The van der Waals surface area contributed by atoms with Crippen molar-refractivity contribution >= 4 is 23.8 Å². The van der Waals surface area contributed by atoms with E-state index in [4.69, 9.17) is 10.2 Å². The molecule has 0 aromatic carbocycles. The highest BCUT2D eigenvalue weighted by Gasteiger charge is 2.24. The fourth-order valence-corrected chi connectivity index (χ4v) is 9.13. The van der Waals surface area contributed by atoms with Gasteiger partial charge in [0.15, 0.2) is 0 Å². The van der Waals surface area contributed by atoms with Gasteiger partial charge in [0.25, 0.3) is 0 Å². The van der Waals surface area contributed by atoms with Crippen LogP contribution in [0.25, 0.3) is 0 Å². The van der Waals surface area contributed by atoms with Crippen molar-refractivity contribution in [1.82, 2.24) is 30.2 Å². The van der Waals surface area contributed by atoms with E-state index < -0.39 is 11.9 Å². The molecule has 12 nitrogen and oxygen atoms in total. The van der Waals surface area contributed by atoms with Gasteiger partial charge in [-0.3, -0.25) is 19.2 Å². The molecule has 53 heavy (non-hydrogen) atoms. The summed E-state index contributed by atoms with van der Waals surface area (Å²) in [7, 11) is 0. The first-order valence-electron chi connectivity index (χ1n) is 21.6. The maximum Gasteiger partial charge on any atom is 0.304 e. The van der Waals surface area contributed by atoms with Crippen LogP contribution in [0.2, 0.25) is 0 Å². The lowest BCUT2D eigenvalue weighted by Gasteiger charge is -2.33. The molecular weight excluding hydrogens is 672 g/mol. The number of hydrogen-bond acceptors (Lipinski definition) is 8. The molecule has 0 aromatic rings. The third kappa shape index (κ3) is 18.7. The minimum atomic E-state index is -0.700. The summed E-state index contributed by atoms with van der Waals surface area (Å²) in [6, 6.07) is 0. The number of nitrogens with one attached hydrogen (secondary N) is 2. The first-order chi connectivity index (χ1) is 25.7. The molecule has 4 aliphatic rings. The highest BCUT2D eigenvalue weighted by Crippen LogP contribution is 2.29. The second-order valence-electron chi connectivity index (χ2n) is 16.8. The zero-order valence-corrected chi connectivity index (χ0v) is 33.0. The van der Waals surface area contributed by atoms with E-state index in [2.05, 4.69) is 30.2 Å². The van der Waals surface area contributed by atoms with Gasteiger partial charge in [-0.2, -0.15) is 0 Å². The number of nitrogens with zero attached hydrogens (tertiary/aromatic N) is 4. The number of hydrogen-bond donors (Lipinski definition) is 4. The van der Waals surface area contributed by atoms with Crippen LogP contribution in [0.4, 0.5) is 0 Å². The number of carboxylic acid groups (broad SMARTS) is 2. The smallest absolute Gasteiger partial charge is 0.304 e. The van der Waals surface area contributed by atoms with Crippen molar-refractivity contribution in [3.8, 4) is 0 Å². The van der Waals surface area contributed by atoms with Gasteiger partial charge < -0.3 is 40.4 Å². The second kappa shape index (κ2) is 25.0. The average Bonchev–Trinajstić information content (AvgIpc) is 3.16. The Morgan fingerprint density at radius 2 is 0.679 bits per heavy atom. The van der Waals surface area contributed by atoms with Crippen molar-refractivity contribution < 1.29 is 29.4 Å². The van der Waals surface area contributed by atoms with Crippen molar-refractivity contribution in [3.63, 3.8) is 0 Å². The fourth-order valence-electron chi connectivity index (χ4n) is 9.13. The molecule has 4 aliphatic heterocycles. The fraction of sp³-hybridized carbons (Fsp3) is 0.902. The minimum absolute atomic E-state index is 0.103. The van der Waals surface area contributed by atoms with Crippen LogP contribution in [0.3, 0.4) is 0 Å². The summed E-state index contributed by atoms with van der Waals surface area (Å²) in [6.45, 7) is 12.8. The maximum atomic E-state index is 12.4. The standard InChI is InChI=1S/C41H74N6O6/c48-38(16-30-44-22-8-34(9-23-44)4-1-6-36-12-26-46(27-13-36)32-18-40(50)51)42-20-3-21-43-39(49)17-31-45-24-10-35(11-25-45)5-2-7-37-14-28-47(29-15-37)33-19-41(52)53/h34-37H,1-33H2,(H,42,48)(H,43,49)(H,50,51)(H,52,53). The van der Waals surface area contributed by atoms with Gasteiger partial charge in [0.2, 0.25) is 11.8 Å². The second-order valence-corrected chi connectivity index (χ2v) is 16.8. The number of carbonyl (C=O) groups is 4. The SMILES string of the molecule is O=C(O)CCN1CCC(CCCC2CCN(CCC(=O)NCCCNC(=O)CCN3CCC(CCCC4CCN(CCC(=O)O)CC4)CC3)CC2)CC1. The van der Waals surface area contributed by atoms with Gasteiger partial charge >= 0.3 is 11.9 Å². The monoisotopic (exact) mass is 747 g/mol. The number of amides is 2. The first kappa shape index (κ1) is 43.4. The molecular formula is C41H74N6O6. The van der Waals surface area contributed by atoms with Gasteiger partial charge in [-0.1, -0.05) is 38.5 Å². The zero-order valence-electron chi connectivity index (χ0n) is 33.0. The Hall–Kier alpha value is -2.28. The summed E-state index contributed by atoms with van der Waals surface area (Å²) in [5, 5.41) is 23.9. The molecule has 0 radical (unpaired) electrons. The number of carbonyl (C=O) groups excluding carboxylic acids is 2. The summed E-state index contributed by atoms with van der Waals surface area (Å²) in [5.41, 5.74) is 0. The largest absolute Gasteiger partial charge is 0.481 e. The highest BCUT2D eigenvalue weighted by molar-refractivity contribution is 5.76. The molecule has 0 saturated carbocycles. The van der Waals surface area contributed by atoms with Crippen LogP contribution < -0.4 is 10.6 Å². The predicted molar refractivity (Wildman–Crippen MR) is 209 cm³/mol. The lowest BCUT2D eigenvalue weighted by atomic mass is 9.87. The summed E-state index contributed by atoms with van der Waals surface area (Å²) in [4.78, 5) is 55.9. The van der Waals surface area contributed by atoms with E-state index in [9.17, 15) is 19.2 Å². The van der Waals surface area contributed by atoms with Gasteiger partial charge in [-0.05, 0) is 134 Å². The van der Waals surface area contributed by atoms with E-state index >= 15 is 0 Å².